The molecule has 3 nitrogen and oxygen atoms in total. The molecule has 1 radical (unpaired) electrons. The molecule has 4 rings (SSSR count). The molecule has 0 aliphatic carbocycles. The normalized spacial score (nSPS) is 10.8. The van der Waals surface area contributed by atoms with Gasteiger partial charge < -0.3 is 14.2 Å². The molecule has 0 N–H and O–H groups in total. The lowest BCUT2D eigenvalue weighted by Crippen LogP contribution is -2.03. The maximum Gasteiger partial charge on any atom is 0.134 e. The number of rotatable bonds is 10. The summed E-state index contributed by atoms with van der Waals surface area (Å²) in [5.41, 5.74) is 4.11. The van der Waals surface area contributed by atoms with E-state index in [4.69, 9.17) is 14.2 Å². The van der Waals surface area contributed by atoms with Gasteiger partial charge in [0, 0.05) is 12.1 Å². The molecule has 165 valence electrons. The Kier molecular flexibility index (Phi) is 7.80. The lowest BCUT2D eigenvalue weighted by atomic mass is 10.1. The SMILES string of the molecule is [CH2]C=Cc1c(OCc2ccccc2)cc(OCc2ccccc2)cc1OCc1ccccc1. The molecule has 0 fully saturated rings. The zero-order valence-electron chi connectivity index (χ0n) is 18.5. The Balaban J connectivity index is 1.61. The van der Waals surface area contributed by atoms with Gasteiger partial charge in [-0.05, 0) is 23.6 Å². The molecule has 4 aromatic carbocycles. The highest BCUT2D eigenvalue weighted by Gasteiger charge is 2.14. The monoisotopic (exact) mass is 435 g/mol. The summed E-state index contributed by atoms with van der Waals surface area (Å²) in [5.74, 6) is 2.06. The molecule has 0 amide bonds. The largest absolute Gasteiger partial charge is 0.489 e. The van der Waals surface area contributed by atoms with Crippen molar-refractivity contribution >= 4 is 6.08 Å². The van der Waals surface area contributed by atoms with Gasteiger partial charge in [0.05, 0.1) is 5.56 Å². The van der Waals surface area contributed by atoms with Gasteiger partial charge in [0.25, 0.3) is 0 Å². The van der Waals surface area contributed by atoms with Crippen molar-refractivity contribution in [1.82, 2.24) is 0 Å². The molecule has 3 heteroatoms. The van der Waals surface area contributed by atoms with Crippen molar-refractivity contribution < 1.29 is 14.2 Å². The molecule has 0 saturated heterocycles. The van der Waals surface area contributed by atoms with E-state index >= 15 is 0 Å². The number of benzene rings is 4. The lowest BCUT2D eigenvalue weighted by molar-refractivity contribution is 0.274. The molecule has 0 aliphatic rings. The average molecular weight is 436 g/mol. The van der Waals surface area contributed by atoms with Gasteiger partial charge in [-0.25, -0.2) is 0 Å². The van der Waals surface area contributed by atoms with Crippen molar-refractivity contribution in [2.75, 3.05) is 0 Å². The van der Waals surface area contributed by atoms with E-state index in [0.717, 1.165) is 22.3 Å². The van der Waals surface area contributed by atoms with Crippen LogP contribution in [0.25, 0.3) is 6.08 Å². The lowest BCUT2D eigenvalue weighted by Gasteiger charge is -2.17. The Labute approximate surface area is 195 Å². The summed E-state index contributed by atoms with van der Waals surface area (Å²) < 4.78 is 18.6. The minimum absolute atomic E-state index is 0.444. The first-order valence-corrected chi connectivity index (χ1v) is 11.0. The van der Waals surface area contributed by atoms with Crippen LogP contribution < -0.4 is 14.2 Å². The van der Waals surface area contributed by atoms with Crippen molar-refractivity contribution in [3.05, 3.63) is 138 Å². The number of hydrogen-bond donors (Lipinski definition) is 0. The first-order chi connectivity index (χ1) is 16.3. The third-order valence-corrected chi connectivity index (χ3v) is 5.08. The van der Waals surface area contributed by atoms with E-state index < -0.39 is 0 Å². The molecule has 4 aromatic rings. The number of ether oxygens (including phenoxy) is 3. The zero-order chi connectivity index (χ0) is 22.7. The molecule has 0 heterocycles. The topological polar surface area (TPSA) is 27.7 Å². The van der Waals surface area contributed by atoms with Crippen LogP contribution in [0.4, 0.5) is 0 Å². The van der Waals surface area contributed by atoms with Crippen LogP contribution in [0.1, 0.15) is 22.3 Å². The molecule has 0 spiro atoms. The number of allylic oxidation sites excluding steroid dienone is 1. The van der Waals surface area contributed by atoms with Crippen molar-refractivity contribution in [1.29, 1.82) is 0 Å². The molecule has 33 heavy (non-hydrogen) atoms. The molecule has 0 unspecified atom stereocenters. The van der Waals surface area contributed by atoms with E-state index in [1.54, 1.807) is 6.08 Å². The highest BCUT2D eigenvalue weighted by atomic mass is 16.5. The maximum atomic E-state index is 6.22. The Bertz CT molecular complexity index is 1090. The first-order valence-electron chi connectivity index (χ1n) is 11.0. The summed E-state index contributed by atoms with van der Waals surface area (Å²) in [4.78, 5) is 0. The van der Waals surface area contributed by atoms with Crippen LogP contribution in [0.5, 0.6) is 17.2 Å². The summed E-state index contributed by atoms with van der Waals surface area (Å²) in [6.07, 6.45) is 3.65. The Morgan fingerprint density at radius 3 is 1.33 bits per heavy atom. The van der Waals surface area contributed by atoms with Crippen LogP contribution in [0.15, 0.2) is 109 Å². The standard InChI is InChI=1S/C30H27O3/c1-2-12-28-29(32-22-25-15-8-4-9-16-25)19-27(31-21-24-13-6-3-7-14-24)20-30(28)33-23-26-17-10-5-11-18-26/h2-20H,1,21-23H2. The van der Waals surface area contributed by atoms with Crippen molar-refractivity contribution in [2.24, 2.45) is 0 Å². The van der Waals surface area contributed by atoms with E-state index in [2.05, 4.69) is 6.92 Å². The van der Waals surface area contributed by atoms with Gasteiger partial charge in [-0.1, -0.05) is 103 Å². The van der Waals surface area contributed by atoms with E-state index in [1.807, 2.05) is 109 Å². The number of hydrogen-bond acceptors (Lipinski definition) is 3. The van der Waals surface area contributed by atoms with Gasteiger partial charge in [0.15, 0.2) is 0 Å². The van der Waals surface area contributed by atoms with Crippen LogP contribution in [0.2, 0.25) is 0 Å². The van der Waals surface area contributed by atoms with Crippen LogP contribution in [-0.4, -0.2) is 0 Å². The van der Waals surface area contributed by atoms with Crippen molar-refractivity contribution in [3.63, 3.8) is 0 Å². The third-order valence-electron chi connectivity index (χ3n) is 5.08. The van der Waals surface area contributed by atoms with Crippen LogP contribution in [0.3, 0.4) is 0 Å². The van der Waals surface area contributed by atoms with Crippen LogP contribution in [0, 0.1) is 6.92 Å². The van der Waals surface area contributed by atoms with Gasteiger partial charge in [0.2, 0.25) is 0 Å². The molecular weight excluding hydrogens is 408 g/mol. The minimum atomic E-state index is 0.444. The van der Waals surface area contributed by atoms with Gasteiger partial charge in [-0.15, -0.1) is 0 Å². The summed E-state index contributed by atoms with van der Waals surface area (Å²) in [6, 6.07) is 34.1. The third kappa shape index (κ3) is 6.50. The second-order valence-electron chi connectivity index (χ2n) is 7.56. The maximum absolute atomic E-state index is 6.22. The average Bonchev–Trinajstić information content (AvgIpc) is 2.88. The molecule has 0 bridgehead atoms. The first kappa shape index (κ1) is 22.2. The molecular formula is C30H27O3. The van der Waals surface area contributed by atoms with Gasteiger partial charge in [-0.2, -0.15) is 0 Å². The summed E-state index contributed by atoms with van der Waals surface area (Å²) in [7, 11) is 0. The Hall–Kier alpha value is -3.98. The predicted octanol–water partition coefficient (Wildman–Crippen LogP) is 7.27. The highest BCUT2D eigenvalue weighted by molar-refractivity contribution is 5.67. The molecule has 0 saturated carbocycles. The Morgan fingerprint density at radius 1 is 0.545 bits per heavy atom. The molecule has 0 atom stereocenters. The summed E-state index contributed by atoms with van der Waals surface area (Å²) >= 11 is 0. The summed E-state index contributed by atoms with van der Waals surface area (Å²) in [5, 5.41) is 0. The van der Waals surface area contributed by atoms with Crippen LogP contribution >= 0.6 is 0 Å². The van der Waals surface area contributed by atoms with E-state index in [0.29, 0.717) is 37.1 Å². The van der Waals surface area contributed by atoms with E-state index in [-0.39, 0.29) is 0 Å². The van der Waals surface area contributed by atoms with Crippen LogP contribution in [-0.2, 0) is 19.8 Å². The summed E-state index contributed by atoms with van der Waals surface area (Å²) in [6.45, 7) is 5.22. The van der Waals surface area contributed by atoms with Gasteiger partial charge in [0.1, 0.15) is 37.1 Å². The van der Waals surface area contributed by atoms with Gasteiger partial charge >= 0.3 is 0 Å². The minimum Gasteiger partial charge on any atom is -0.489 e. The molecule has 0 aliphatic heterocycles. The smallest absolute Gasteiger partial charge is 0.134 e. The van der Waals surface area contributed by atoms with E-state index in [9.17, 15) is 0 Å². The fourth-order valence-corrected chi connectivity index (χ4v) is 3.39. The Morgan fingerprint density at radius 2 is 0.939 bits per heavy atom. The van der Waals surface area contributed by atoms with Gasteiger partial charge in [-0.3, -0.25) is 0 Å². The zero-order valence-corrected chi connectivity index (χ0v) is 18.5. The quantitative estimate of drug-likeness (QED) is 0.262. The predicted molar refractivity (Wildman–Crippen MR) is 133 cm³/mol. The van der Waals surface area contributed by atoms with Crippen molar-refractivity contribution in [2.45, 2.75) is 19.8 Å². The van der Waals surface area contributed by atoms with Crippen molar-refractivity contribution in [3.8, 4) is 17.2 Å². The fourth-order valence-electron chi connectivity index (χ4n) is 3.39. The molecule has 0 aromatic heterocycles. The second-order valence-corrected chi connectivity index (χ2v) is 7.56. The fraction of sp³-hybridized carbons (Fsp3) is 0.100. The van der Waals surface area contributed by atoms with E-state index in [1.165, 1.54) is 0 Å². The second kappa shape index (κ2) is 11.6. The highest BCUT2D eigenvalue weighted by Crippen LogP contribution is 2.37.